The van der Waals surface area contributed by atoms with Crippen LogP contribution in [0.5, 0.6) is 0 Å². The van der Waals surface area contributed by atoms with Gasteiger partial charge in [0.1, 0.15) is 5.82 Å². The van der Waals surface area contributed by atoms with Gasteiger partial charge in [-0.25, -0.2) is 9.97 Å². The highest BCUT2D eigenvalue weighted by Crippen LogP contribution is 2.27. The average Bonchev–Trinajstić information content (AvgIpc) is 2.86. The van der Waals surface area contributed by atoms with E-state index in [1.807, 2.05) is 43.3 Å². The molecular formula is C26H31N5OS. The maximum Gasteiger partial charge on any atom is 0.251 e. The molecule has 1 aliphatic rings. The van der Waals surface area contributed by atoms with Crippen molar-refractivity contribution in [2.45, 2.75) is 62.5 Å². The quantitative estimate of drug-likeness (QED) is 0.369. The number of anilines is 1. The van der Waals surface area contributed by atoms with Crippen LogP contribution in [0.25, 0.3) is 0 Å². The smallest absolute Gasteiger partial charge is 0.251 e. The van der Waals surface area contributed by atoms with Crippen LogP contribution in [0, 0.1) is 6.92 Å². The van der Waals surface area contributed by atoms with E-state index in [0.717, 1.165) is 27.8 Å². The largest absolute Gasteiger partial charge is 0.357 e. The van der Waals surface area contributed by atoms with Crippen LogP contribution in [0.1, 0.15) is 59.3 Å². The van der Waals surface area contributed by atoms with Gasteiger partial charge >= 0.3 is 0 Å². The Morgan fingerprint density at radius 1 is 1.06 bits per heavy atom. The van der Waals surface area contributed by atoms with E-state index in [1.165, 1.54) is 32.1 Å². The van der Waals surface area contributed by atoms with Crippen molar-refractivity contribution in [3.05, 3.63) is 77.2 Å². The van der Waals surface area contributed by atoms with Gasteiger partial charge in [-0.05, 0) is 55.2 Å². The van der Waals surface area contributed by atoms with Gasteiger partial charge in [0.05, 0.1) is 0 Å². The Morgan fingerprint density at radius 2 is 1.85 bits per heavy atom. The molecule has 7 heteroatoms. The molecule has 1 aromatic carbocycles. The van der Waals surface area contributed by atoms with Crippen molar-refractivity contribution < 1.29 is 4.79 Å². The molecule has 2 heterocycles. The maximum absolute atomic E-state index is 12.6. The van der Waals surface area contributed by atoms with Crippen LogP contribution >= 0.6 is 11.8 Å². The topological polar surface area (TPSA) is 71.0 Å². The normalized spacial score (nSPS) is 14.1. The molecule has 0 spiro atoms. The van der Waals surface area contributed by atoms with Crippen molar-refractivity contribution in [1.82, 2.24) is 20.3 Å². The Balaban J connectivity index is 1.38. The summed E-state index contributed by atoms with van der Waals surface area (Å²) in [6.45, 7) is 2.51. The van der Waals surface area contributed by atoms with E-state index in [4.69, 9.17) is 4.98 Å². The number of hydrogen-bond donors (Lipinski definition) is 1. The molecule has 0 saturated heterocycles. The highest BCUT2D eigenvalue weighted by atomic mass is 32.2. The molecule has 4 rings (SSSR count). The monoisotopic (exact) mass is 461 g/mol. The Bertz CT molecular complexity index is 1070. The number of benzene rings is 1. The summed E-state index contributed by atoms with van der Waals surface area (Å²) in [6, 6.07) is 14.2. The van der Waals surface area contributed by atoms with E-state index in [2.05, 4.69) is 33.3 Å². The van der Waals surface area contributed by atoms with Crippen LogP contribution in [-0.4, -0.2) is 33.9 Å². The van der Waals surface area contributed by atoms with Gasteiger partial charge in [-0.15, -0.1) is 0 Å². The molecule has 0 atom stereocenters. The van der Waals surface area contributed by atoms with E-state index in [-0.39, 0.29) is 5.91 Å². The van der Waals surface area contributed by atoms with E-state index >= 15 is 0 Å². The third-order valence-electron chi connectivity index (χ3n) is 6.06. The SMILES string of the molecule is Cc1cc(N(C)C2CCCCC2)nc(SCc2cccc(C(=O)NCc3ccncc3)c2)n1. The Hall–Kier alpha value is -2.93. The first-order valence-corrected chi connectivity index (χ1v) is 12.5. The van der Waals surface area contributed by atoms with Gasteiger partial charge in [0.15, 0.2) is 5.16 Å². The van der Waals surface area contributed by atoms with Gasteiger partial charge in [0.25, 0.3) is 5.91 Å². The first-order chi connectivity index (χ1) is 16.1. The zero-order valence-electron chi connectivity index (χ0n) is 19.3. The van der Waals surface area contributed by atoms with Gasteiger partial charge in [-0.3, -0.25) is 9.78 Å². The predicted octanol–water partition coefficient (Wildman–Crippen LogP) is 5.17. The number of hydrogen-bond acceptors (Lipinski definition) is 6. The van der Waals surface area contributed by atoms with Gasteiger partial charge in [0.2, 0.25) is 0 Å². The second-order valence-electron chi connectivity index (χ2n) is 8.58. The minimum atomic E-state index is -0.0816. The second-order valence-corrected chi connectivity index (χ2v) is 9.52. The van der Waals surface area contributed by atoms with Gasteiger partial charge in [-0.1, -0.05) is 43.2 Å². The Morgan fingerprint density at radius 3 is 2.64 bits per heavy atom. The summed E-state index contributed by atoms with van der Waals surface area (Å²) in [5.74, 6) is 1.63. The maximum atomic E-state index is 12.6. The third kappa shape index (κ3) is 6.54. The number of amides is 1. The predicted molar refractivity (Wildman–Crippen MR) is 133 cm³/mol. The summed E-state index contributed by atoms with van der Waals surface area (Å²) in [5.41, 5.74) is 3.74. The van der Waals surface area contributed by atoms with Crippen molar-refractivity contribution in [2.24, 2.45) is 0 Å². The number of nitrogens with zero attached hydrogens (tertiary/aromatic N) is 4. The zero-order chi connectivity index (χ0) is 23.0. The first kappa shape index (κ1) is 23.2. The van der Waals surface area contributed by atoms with Gasteiger partial charge in [-0.2, -0.15) is 0 Å². The summed E-state index contributed by atoms with van der Waals surface area (Å²) < 4.78 is 0. The van der Waals surface area contributed by atoms with E-state index < -0.39 is 0 Å². The number of carbonyl (C=O) groups excluding carboxylic acids is 1. The minimum Gasteiger partial charge on any atom is -0.357 e. The number of carbonyl (C=O) groups is 1. The first-order valence-electron chi connectivity index (χ1n) is 11.6. The summed E-state index contributed by atoms with van der Waals surface area (Å²) in [7, 11) is 2.15. The lowest BCUT2D eigenvalue weighted by Crippen LogP contribution is -2.34. The van der Waals surface area contributed by atoms with E-state index in [9.17, 15) is 4.79 Å². The van der Waals surface area contributed by atoms with Crippen LogP contribution in [0.4, 0.5) is 5.82 Å². The number of thioether (sulfide) groups is 1. The molecule has 0 bridgehead atoms. The number of aryl methyl sites for hydroxylation is 1. The lowest BCUT2D eigenvalue weighted by molar-refractivity contribution is 0.0951. The molecule has 3 aromatic rings. The number of nitrogens with one attached hydrogen (secondary N) is 1. The van der Waals surface area contributed by atoms with Crippen LogP contribution < -0.4 is 10.2 Å². The molecule has 2 aromatic heterocycles. The van der Waals surface area contributed by atoms with Gasteiger partial charge in [0, 0.05) is 55.1 Å². The van der Waals surface area contributed by atoms with Crippen molar-refractivity contribution in [3.63, 3.8) is 0 Å². The Kier molecular flexibility index (Phi) is 7.94. The lowest BCUT2D eigenvalue weighted by atomic mass is 9.94. The van der Waals surface area contributed by atoms with E-state index in [0.29, 0.717) is 23.9 Å². The van der Waals surface area contributed by atoms with Crippen LogP contribution in [0.3, 0.4) is 0 Å². The molecule has 172 valence electrons. The van der Waals surface area contributed by atoms with Crippen molar-refractivity contribution >= 4 is 23.5 Å². The summed E-state index contributed by atoms with van der Waals surface area (Å²) in [4.78, 5) is 28.4. The molecule has 1 fully saturated rings. The minimum absolute atomic E-state index is 0.0816. The Labute approximate surface area is 200 Å². The van der Waals surface area contributed by atoms with Gasteiger partial charge < -0.3 is 10.2 Å². The average molecular weight is 462 g/mol. The zero-order valence-corrected chi connectivity index (χ0v) is 20.1. The van der Waals surface area contributed by atoms with Crippen molar-refractivity contribution in [2.75, 3.05) is 11.9 Å². The van der Waals surface area contributed by atoms with Crippen molar-refractivity contribution in [3.8, 4) is 0 Å². The number of rotatable bonds is 8. The fourth-order valence-corrected chi connectivity index (χ4v) is 5.00. The molecule has 0 unspecified atom stereocenters. The molecule has 1 N–H and O–H groups in total. The van der Waals surface area contributed by atoms with Crippen LogP contribution in [0.2, 0.25) is 0 Å². The molecule has 1 saturated carbocycles. The summed E-state index contributed by atoms with van der Waals surface area (Å²) >= 11 is 1.61. The van der Waals surface area contributed by atoms with Crippen LogP contribution in [0.15, 0.2) is 60.0 Å². The molecule has 0 radical (unpaired) electrons. The van der Waals surface area contributed by atoms with E-state index in [1.54, 1.807) is 24.2 Å². The second kappa shape index (κ2) is 11.3. The number of aromatic nitrogens is 3. The molecule has 6 nitrogen and oxygen atoms in total. The lowest BCUT2D eigenvalue weighted by Gasteiger charge is -2.32. The molecular weight excluding hydrogens is 430 g/mol. The molecule has 1 amide bonds. The molecule has 33 heavy (non-hydrogen) atoms. The third-order valence-corrected chi connectivity index (χ3v) is 6.98. The summed E-state index contributed by atoms with van der Waals surface area (Å²) in [6.07, 6.45) is 9.86. The van der Waals surface area contributed by atoms with Crippen molar-refractivity contribution in [1.29, 1.82) is 0 Å². The van der Waals surface area contributed by atoms with Crippen LogP contribution in [-0.2, 0) is 12.3 Å². The molecule has 1 aliphatic carbocycles. The number of pyridine rings is 1. The highest BCUT2D eigenvalue weighted by molar-refractivity contribution is 7.98. The molecule has 0 aliphatic heterocycles. The summed E-state index contributed by atoms with van der Waals surface area (Å²) in [5, 5.41) is 3.75. The fourth-order valence-electron chi connectivity index (χ4n) is 4.16. The highest BCUT2D eigenvalue weighted by Gasteiger charge is 2.20. The fraction of sp³-hybridized carbons (Fsp3) is 0.385. The standard InChI is InChI=1S/C26H31N5OS/c1-19-15-24(31(2)23-9-4-3-5-10-23)30-26(29-19)33-18-21-7-6-8-22(16-21)25(32)28-17-20-11-13-27-14-12-20/h6-8,11-16,23H,3-5,9-10,17-18H2,1-2H3,(H,28,32).